The summed E-state index contributed by atoms with van der Waals surface area (Å²) in [7, 11) is 0. The minimum Gasteiger partial charge on any atom is -0.398 e. The van der Waals surface area contributed by atoms with Crippen LogP contribution >= 0.6 is 23.2 Å². The van der Waals surface area contributed by atoms with Gasteiger partial charge in [-0.25, -0.2) is 0 Å². The minimum atomic E-state index is 0.466. The van der Waals surface area contributed by atoms with E-state index in [0.29, 0.717) is 27.0 Å². The predicted molar refractivity (Wildman–Crippen MR) is 82.5 cm³/mol. The summed E-state index contributed by atoms with van der Waals surface area (Å²) in [6.07, 6.45) is 2.90. The summed E-state index contributed by atoms with van der Waals surface area (Å²) in [6, 6.07) is 10.5. The maximum Gasteiger partial charge on any atom is 0.0645 e. The van der Waals surface area contributed by atoms with Crippen LogP contribution in [0.3, 0.4) is 0 Å². The number of nitrogens with zero attached hydrogens (tertiary/aromatic N) is 1. The first-order valence-corrected chi connectivity index (χ1v) is 6.25. The molecule has 96 valence electrons. The van der Waals surface area contributed by atoms with E-state index in [1.54, 1.807) is 36.5 Å². The molecular formula is C14H11Cl2N3. The molecule has 0 heterocycles. The van der Waals surface area contributed by atoms with E-state index in [-0.39, 0.29) is 0 Å². The Balaban J connectivity index is 2.27. The van der Waals surface area contributed by atoms with Gasteiger partial charge in [0.05, 0.1) is 15.7 Å². The van der Waals surface area contributed by atoms with Gasteiger partial charge in [0.15, 0.2) is 0 Å². The highest BCUT2D eigenvalue weighted by Crippen LogP contribution is 2.26. The lowest BCUT2D eigenvalue weighted by atomic mass is 10.1. The number of rotatable bonds is 3. The van der Waals surface area contributed by atoms with Crippen molar-refractivity contribution in [3.8, 4) is 0 Å². The van der Waals surface area contributed by atoms with E-state index in [2.05, 4.69) is 4.99 Å². The third-order valence-corrected chi connectivity index (χ3v) is 3.27. The van der Waals surface area contributed by atoms with Crippen LogP contribution in [0.5, 0.6) is 0 Å². The lowest BCUT2D eigenvalue weighted by Gasteiger charge is -2.01. The standard InChI is InChI=1S/C14H11Cl2N3/c15-12-3-2-11(6-13(12)16)19-8-9-1-4-14(18)10(5-9)7-17/h1-8,17H,18H2/b17-7?,19-8+. The molecule has 0 saturated carbocycles. The third-order valence-electron chi connectivity index (χ3n) is 2.53. The van der Waals surface area contributed by atoms with Crippen LogP contribution in [0.15, 0.2) is 41.4 Å². The lowest BCUT2D eigenvalue weighted by molar-refractivity contribution is 1.51. The zero-order valence-electron chi connectivity index (χ0n) is 9.90. The molecule has 3 N–H and O–H groups in total. The van der Waals surface area contributed by atoms with E-state index < -0.39 is 0 Å². The molecule has 2 rings (SSSR count). The Labute approximate surface area is 121 Å². The smallest absolute Gasteiger partial charge is 0.0645 e. The molecule has 0 spiro atoms. The van der Waals surface area contributed by atoms with Crippen LogP contribution in [0.4, 0.5) is 11.4 Å². The van der Waals surface area contributed by atoms with Gasteiger partial charge in [0, 0.05) is 23.7 Å². The Bertz CT molecular complexity index is 651. The zero-order valence-corrected chi connectivity index (χ0v) is 11.4. The van der Waals surface area contributed by atoms with Gasteiger partial charge in [0.2, 0.25) is 0 Å². The van der Waals surface area contributed by atoms with Crippen molar-refractivity contribution >= 4 is 47.0 Å². The molecule has 0 atom stereocenters. The van der Waals surface area contributed by atoms with E-state index >= 15 is 0 Å². The van der Waals surface area contributed by atoms with Crippen molar-refractivity contribution in [3.63, 3.8) is 0 Å². The normalized spacial score (nSPS) is 10.8. The number of nitrogens with two attached hydrogens (primary N) is 1. The van der Waals surface area contributed by atoms with Crippen LogP contribution < -0.4 is 5.73 Å². The van der Waals surface area contributed by atoms with Crippen molar-refractivity contribution in [1.29, 1.82) is 5.41 Å². The molecule has 2 aromatic rings. The Morgan fingerprint density at radius 1 is 1.05 bits per heavy atom. The first-order chi connectivity index (χ1) is 9.10. The van der Waals surface area contributed by atoms with Crippen LogP contribution in [-0.4, -0.2) is 12.4 Å². The molecular weight excluding hydrogens is 281 g/mol. The lowest BCUT2D eigenvalue weighted by Crippen LogP contribution is -1.94. The van der Waals surface area contributed by atoms with Crippen molar-refractivity contribution in [2.45, 2.75) is 0 Å². The van der Waals surface area contributed by atoms with Gasteiger partial charge in [0.25, 0.3) is 0 Å². The Kier molecular flexibility index (Phi) is 4.20. The Hall–Kier alpha value is -1.84. The second-order valence-corrected chi connectivity index (χ2v) is 4.70. The highest BCUT2D eigenvalue weighted by molar-refractivity contribution is 6.42. The average molecular weight is 292 g/mol. The maximum absolute atomic E-state index is 7.25. The average Bonchev–Trinajstić information content (AvgIpc) is 2.41. The number of anilines is 1. The first kappa shape index (κ1) is 13.6. The van der Waals surface area contributed by atoms with Crippen molar-refractivity contribution in [1.82, 2.24) is 0 Å². The van der Waals surface area contributed by atoms with Gasteiger partial charge in [-0.1, -0.05) is 29.3 Å². The molecule has 0 aromatic heterocycles. The SMILES string of the molecule is N=Cc1cc(/C=N/c2ccc(Cl)c(Cl)c2)ccc1N. The number of aliphatic imine (C=N–C) groups is 1. The van der Waals surface area contributed by atoms with Crippen molar-refractivity contribution < 1.29 is 0 Å². The highest BCUT2D eigenvalue weighted by atomic mass is 35.5. The van der Waals surface area contributed by atoms with Gasteiger partial charge < -0.3 is 11.1 Å². The van der Waals surface area contributed by atoms with Crippen molar-refractivity contribution in [3.05, 3.63) is 57.6 Å². The fourth-order valence-electron chi connectivity index (χ4n) is 1.51. The summed E-state index contributed by atoms with van der Waals surface area (Å²) < 4.78 is 0. The topological polar surface area (TPSA) is 62.2 Å². The van der Waals surface area contributed by atoms with Crippen molar-refractivity contribution in [2.75, 3.05) is 5.73 Å². The molecule has 0 radical (unpaired) electrons. The summed E-state index contributed by atoms with van der Waals surface area (Å²) >= 11 is 11.7. The molecule has 0 fully saturated rings. The van der Waals surface area contributed by atoms with Crippen LogP contribution in [0.2, 0.25) is 10.0 Å². The zero-order chi connectivity index (χ0) is 13.8. The number of benzene rings is 2. The van der Waals surface area contributed by atoms with E-state index in [4.69, 9.17) is 34.3 Å². The third kappa shape index (κ3) is 3.34. The van der Waals surface area contributed by atoms with E-state index in [1.807, 2.05) is 6.07 Å². The molecule has 0 aliphatic rings. The van der Waals surface area contributed by atoms with E-state index in [9.17, 15) is 0 Å². The molecule has 0 aliphatic carbocycles. The van der Waals surface area contributed by atoms with Crippen LogP contribution in [0.1, 0.15) is 11.1 Å². The Morgan fingerprint density at radius 2 is 1.84 bits per heavy atom. The number of halogens is 2. The molecule has 0 bridgehead atoms. The fourth-order valence-corrected chi connectivity index (χ4v) is 1.81. The molecule has 19 heavy (non-hydrogen) atoms. The largest absolute Gasteiger partial charge is 0.398 e. The van der Waals surface area contributed by atoms with Crippen molar-refractivity contribution in [2.24, 2.45) is 4.99 Å². The van der Waals surface area contributed by atoms with Gasteiger partial charge in [-0.2, -0.15) is 0 Å². The fraction of sp³-hybridized carbons (Fsp3) is 0. The molecule has 0 aliphatic heterocycles. The number of hydrogen-bond donors (Lipinski definition) is 2. The molecule has 2 aromatic carbocycles. The second-order valence-electron chi connectivity index (χ2n) is 3.89. The molecule has 0 saturated heterocycles. The number of nitrogen functional groups attached to an aromatic ring is 1. The number of hydrogen-bond acceptors (Lipinski definition) is 3. The number of nitrogens with one attached hydrogen (secondary N) is 1. The van der Waals surface area contributed by atoms with Gasteiger partial charge in [-0.05, 0) is 35.9 Å². The summed E-state index contributed by atoms with van der Waals surface area (Å²) in [5.74, 6) is 0. The first-order valence-electron chi connectivity index (χ1n) is 5.49. The van der Waals surface area contributed by atoms with Crippen LogP contribution in [-0.2, 0) is 0 Å². The molecule has 0 amide bonds. The predicted octanol–water partition coefficient (Wildman–Crippen LogP) is 4.32. The van der Waals surface area contributed by atoms with Crippen LogP contribution in [0.25, 0.3) is 0 Å². The summed E-state index contributed by atoms with van der Waals surface area (Å²) in [5, 5.41) is 8.21. The maximum atomic E-state index is 7.25. The van der Waals surface area contributed by atoms with Gasteiger partial charge in [0.1, 0.15) is 0 Å². The molecule has 3 nitrogen and oxygen atoms in total. The van der Waals surface area contributed by atoms with E-state index in [0.717, 1.165) is 5.56 Å². The molecule has 0 unspecified atom stereocenters. The second kappa shape index (κ2) is 5.87. The Morgan fingerprint density at radius 3 is 2.53 bits per heavy atom. The van der Waals surface area contributed by atoms with E-state index in [1.165, 1.54) is 6.21 Å². The monoisotopic (exact) mass is 291 g/mol. The summed E-state index contributed by atoms with van der Waals surface area (Å²) in [4.78, 5) is 4.30. The summed E-state index contributed by atoms with van der Waals surface area (Å²) in [6.45, 7) is 0. The van der Waals surface area contributed by atoms with Gasteiger partial charge >= 0.3 is 0 Å². The minimum absolute atomic E-state index is 0.466. The summed E-state index contributed by atoms with van der Waals surface area (Å²) in [5.41, 5.74) is 8.52. The van der Waals surface area contributed by atoms with Gasteiger partial charge in [-0.15, -0.1) is 0 Å². The van der Waals surface area contributed by atoms with Crippen LogP contribution in [0, 0.1) is 5.41 Å². The quantitative estimate of drug-likeness (QED) is 0.642. The molecule has 5 heteroatoms. The van der Waals surface area contributed by atoms with Gasteiger partial charge in [-0.3, -0.25) is 4.99 Å². The highest BCUT2D eigenvalue weighted by Gasteiger charge is 1.99.